The monoisotopic (exact) mass is 302 g/mol. The Morgan fingerprint density at radius 3 is 2.52 bits per heavy atom. The van der Waals surface area contributed by atoms with Crippen LogP contribution in [0.1, 0.15) is 29.6 Å². The average molecular weight is 302 g/mol. The van der Waals surface area contributed by atoms with Crippen molar-refractivity contribution in [2.24, 2.45) is 11.7 Å². The SMILES string of the molecule is NCC1CCCC1NC(=O)c1ccc(OC(F)(F)F)cc1. The molecule has 2 rings (SSSR count). The van der Waals surface area contributed by atoms with Crippen LogP contribution in [0.25, 0.3) is 0 Å². The van der Waals surface area contributed by atoms with Crippen molar-refractivity contribution >= 4 is 5.91 Å². The summed E-state index contributed by atoms with van der Waals surface area (Å²) in [6.45, 7) is 0.517. The molecule has 1 aliphatic carbocycles. The lowest BCUT2D eigenvalue weighted by Crippen LogP contribution is -2.39. The maximum Gasteiger partial charge on any atom is 0.573 e. The van der Waals surface area contributed by atoms with Gasteiger partial charge in [0, 0.05) is 11.6 Å². The van der Waals surface area contributed by atoms with Crippen molar-refractivity contribution in [2.75, 3.05) is 6.54 Å². The normalized spacial score (nSPS) is 22.1. The van der Waals surface area contributed by atoms with E-state index in [0.717, 1.165) is 31.4 Å². The molecule has 1 fully saturated rings. The van der Waals surface area contributed by atoms with E-state index >= 15 is 0 Å². The highest BCUT2D eigenvalue weighted by Crippen LogP contribution is 2.25. The second-order valence-electron chi connectivity index (χ2n) is 5.08. The molecule has 0 bridgehead atoms. The number of rotatable bonds is 4. The van der Waals surface area contributed by atoms with E-state index in [1.54, 1.807) is 0 Å². The number of carbonyl (C=O) groups excluding carboxylic acids is 1. The van der Waals surface area contributed by atoms with Crippen molar-refractivity contribution in [2.45, 2.75) is 31.7 Å². The van der Waals surface area contributed by atoms with Crippen molar-refractivity contribution in [1.82, 2.24) is 5.32 Å². The van der Waals surface area contributed by atoms with Crippen LogP contribution in [0.4, 0.5) is 13.2 Å². The lowest BCUT2D eigenvalue weighted by Gasteiger charge is -2.19. The Hall–Kier alpha value is -1.76. The van der Waals surface area contributed by atoms with Crippen LogP contribution in [0.2, 0.25) is 0 Å². The van der Waals surface area contributed by atoms with Crippen LogP contribution >= 0.6 is 0 Å². The van der Waals surface area contributed by atoms with E-state index in [1.807, 2.05) is 0 Å². The fourth-order valence-electron chi connectivity index (χ4n) is 2.57. The van der Waals surface area contributed by atoms with Gasteiger partial charge in [0.05, 0.1) is 0 Å². The molecule has 2 unspecified atom stereocenters. The molecule has 0 aliphatic heterocycles. The van der Waals surface area contributed by atoms with Gasteiger partial charge >= 0.3 is 6.36 Å². The Bertz CT molecular complexity index is 488. The molecule has 2 atom stereocenters. The quantitative estimate of drug-likeness (QED) is 0.898. The topological polar surface area (TPSA) is 64.3 Å². The van der Waals surface area contributed by atoms with Crippen LogP contribution in [-0.2, 0) is 0 Å². The van der Waals surface area contributed by atoms with Gasteiger partial charge in [-0.2, -0.15) is 0 Å². The summed E-state index contributed by atoms with van der Waals surface area (Å²) < 4.78 is 39.9. The molecule has 1 saturated carbocycles. The zero-order chi connectivity index (χ0) is 15.5. The summed E-state index contributed by atoms with van der Waals surface area (Å²) in [7, 11) is 0. The van der Waals surface area contributed by atoms with Crippen molar-refractivity contribution in [3.63, 3.8) is 0 Å². The molecular weight excluding hydrogens is 285 g/mol. The highest BCUT2D eigenvalue weighted by Gasteiger charge is 2.31. The van der Waals surface area contributed by atoms with Crippen LogP contribution in [0, 0.1) is 5.92 Å². The summed E-state index contributed by atoms with van der Waals surface area (Å²) in [6, 6.07) is 4.90. The fraction of sp³-hybridized carbons (Fsp3) is 0.500. The molecule has 0 spiro atoms. The predicted octanol–water partition coefficient (Wildman–Crippen LogP) is 2.44. The van der Waals surface area contributed by atoms with E-state index in [9.17, 15) is 18.0 Å². The molecular formula is C14H17F3N2O2. The number of ether oxygens (including phenoxy) is 1. The maximum atomic E-state index is 12.0. The second-order valence-corrected chi connectivity index (χ2v) is 5.08. The van der Waals surface area contributed by atoms with Gasteiger partial charge in [0.1, 0.15) is 5.75 Å². The molecule has 1 aromatic rings. The molecule has 0 saturated heterocycles. The van der Waals surface area contributed by atoms with Crippen molar-refractivity contribution in [3.8, 4) is 5.75 Å². The first-order chi connectivity index (χ1) is 9.89. The molecule has 21 heavy (non-hydrogen) atoms. The summed E-state index contributed by atoms with van der Waals surface area (Å²) in [5, 5.41) is 2.88. The zero-order valence-corrected chi connectivity index (χ0v) is 11.3. The average Bonchev–Trinajstić information content (AvgIpc) is 2.85. The van der Waals surface area contributed by atoms with Crippen LogP contribution in [0.3, 0.4) is 0 Å². The third kappa shape index (κ3) is 4.35. The van der Waals surface area contributed by atoms with Crippen LogP contribution in [-0.4, -0.2) is 24.9 Å². The molecule has 1 amide bonds. The minimum atomic E-state index is -4.73. The van der Waals surface area contributed by atoms with Gasteiger partial charge in [-0.15, -0.1) is 13.2 Å². The largest absolute Gasteiger partial charge is 0.573 e. The second kappa shape index (κ2) is 6.34. The molecule has 0 heterocycles. The number of alkyl halides is 3. The number of hydrogen-bond acceptors (Lipinski definition) is 3. The van der Waals surface area contributed by atoms with Gasteiger partial charge in [0.25, 0.3) is 5.91 Å². The minimum Gasteiger partial charge on any atom is -0.406 e. The highest BCUT2D eigenvalue weighted by molar-refractivity contribution is 5.94. The highest BCUT2D eigenvalue weighted by atomic mass is 19.4. The van der Waals surface area contributed by atoms with Crippen LogP contribution in [0.5, 0.6) is 5.75 Å². The number of nitrogens with two attached hydrogens (primary N) is 1. The van der Waals surface area contributed by atoms with Gasteiger partial charge in [-0.1, -0.05) is 6.42 Å². The first-order valence-electron chi connectivity index (χ1n) is 6.76. The Balaban J connectivity index is 1.97. The third-order valence-corrected chi connectivity index (χ3v) is 3.63. The number of hydrogen-bond donors (Lipinski definition) is 2. The number of carbonyl (C=O) groups is 1. The maximum absolute atomic E-state index is 12.0. The van der Waals surface area contributed by atoms with Crippen molar-refractivity contribution < 1.29 is 22.7 Å². The lowest BCUT2D eigenvalue weighted by molar-refractivity contribution is -0.274. The third-order valence-electron chi connectivity index (χ3n) is 3.63. The van der Waals surface area contributed by atoms with Gasteiger partial charge in [-0.25, -0.2) is 0 Å². The summed E-state index contributed by atoms with van der Waals surface area (Å²) in [4.78, 5) is 12.0. The summed E-state index contributed by atoms with van der Waals surface area (Å²) in [5.74, 6) is -0.388. The molecule has 0 aromatic heterocycles. The molecule has 4 nitrogen and oxygen atoms in total. The number of nitrogens with one attached hydrogen (secondary N) is 1. The summed E-state index contributed by atoms with van der Waals surface area (Å²) in [5.41, 5.74) is 5.94. The molecule has 1 aromatic carbocycles. The zero-order valence-electron chi connectivity index (χ0n) is 11.3. The summed E-state index contributed by atoms with van der Waals surface area (Å²) >= 11 is 0. The first-order valence-corrected chi connectivity index (χ1v) is 6.76. The Morgan fingerprint density at radius 2 is 1.95 bits per heavy atom. The number of benzene rings is 1. The minimum absolute atomic E-state index is 0.0357. The molecule has 1 aliphatic rings. The Morgan fingerprint density at radius 1 is 1.29 bits per heavy atom. The molecule has 116 valence electrons. The fourth-order valence-corrected chi connectivity index (χ4v) is 2.57. The standard InChI is InChI=1S/C14H17F3N2O2/c15-14(16,17)21-11-6-4-9(5-7-11)13(20)19-12-3-1-2-10(12)8-18/h4-7,10,12H,1-3,8,18H2,(H,19,20). The van der Waals surface area contributed by atoms with Crippen LogP contribution < -0.4 is 15.8 Å². The van der Waals surface area contributed by atoms with E-state index < -0.39 is 6.36 Å². The Kier molecular flexibility index (Phi) is 4.72. The van der Waals surface area contributed by atoms with Gasteiger partial charge in [0.15, 0.2) is 0 Å². The van der Waals surface area contributed by atoms with Crippen LogP contribution in [0.15, 0.2) is 24.3 Å². The van der Waals surface area contributed by atoms with Gasteiger partial charge in [0.2, 0.25) is 0 Å². The van der Waals surface area contributed by atoms with E-state index in [-0.39, 0.29) is 23.6 Å². The van der Waals surface area contributed by atoms with E-state index in [2.05, 4.69) is 10.1 Å². The van der Waals surface area contributed by atoms with E-state index in [1.165, 1.54) is 12.1 Å². The Labute approximate surface area is 120 Å². The van der Waals surface area contributed by atoms with Gasteiger partial charge in [-0.05, 0) is 49.6 Å². The predicted molar refractivity (Wildman–Crippen MR) is 70.8 cm³/mol. The van der Waals surface area contributed by atoms with Gasteiger partial charge < -0.3 is 15.8 Å². The summed E-state index contributed by atoms with van der Waals surface area (Å²) in [6.07, 6.45) is -1.85. The number of halogens is 3. The molecule has 0 radical (unpaired) electrons. The number of amides is 1. The smallest absolute Gasteiger partial charge is 0.406 e. The molecule has 3 N–H and O–H groups in total. The van der Waals surface area contributed by atoms with Crippen molar-refractivity contribution in [3.05, 3.63) is 29.8 Å². The van der Waals surface area contributed by atoms with Gasteiger partial charge in [-0.3, -0.25) is 4.79 Å². The van der Waals surface area contributed by atoms with E-state index in [4.69, 9.17) is 5.73 Å². The first kappa shape index (κ1) is 15.6. The molecule has 7 heteroatoms. The van der Waals surface area contributed by atoms with Crippen molar-refractivity contribution in [1.29, 1.82) is 0 Å². The lowest BCUT2D eigenvalue weighted by atomic mass is 10.0. The van der Waals surface area contributed by atoms with E-state index in [0.29, 0.717) is 12.1 Å².